The summed E-state index contributed by atoms with van der Waals surface area (Å²) < 4.78 is 111. The predicted molar refractivity (Wildman–Crippen MR) is 581 cm³/mol. The van der Waals surface area contributed by atoms with Crippen LogP contribution in [0, 0.1) is 78.1 Å². The molecule has 0 aliphatic heterocycles. The maximum Gasteiger partial charge on any atom is 0.416 e. The Balaban J connectivity index is 0.754. The third-order valence-electron chi connectivity index (χ3n) is 28.8. The van der Waals surface area contributed by atoms with E-state index in [2.05, 4.69) is 252 Å². The molecule has 0 N–H and O–H groups in total. The van der Waals surface area contributed by atoms with Crippen LogP contribution in [0.2, 0.25) is 0 Å². The number of halogens is 6. The fourth-order valence-corrected chi connectivity index (χ4v) is 22.1. The Labute approximate surface area is 829 Å². The van der Waals surface area contributed by atoms with Crippen molar-refractivity contribution in [2.75, 3.05) is 0 Å². The van der Waals surface area contributed by atoms with Gasteiger partial charge in [-0.05, 0) is 300 Å². The van der Waals surface area contributed by atoms with Gasteiger partial charge in [0.2, 0.25) is 0 Å². The number of hydrogen-bond acceptors (Lipinski definition) is 2. The molecule has 0 saturated carbocycles. The van der Waals surface area contributed by atoms with Crippen molar-refractivity contribution in [1.82, 2.24) is 18.3 Å². The second-order valence-corrected chi connectivity index (χ2v) is 38.7. The predicted octanol–water partition coefficient (Wildman–Crippen LogP) is 36.7. The van der Waals surface area contributed by atoms with E-state index in [4.69, 9.17) is 0 Å². The molecule has 24 aromatic rings. The van der Waals surface area contributed by atoms with Crippen LogP contribution in [0.5, 0.6) is 0 Å². The number of alkyl halides is 6. The van der Waals surface area contributed by atoms with Crippen LogP contribution in [0.1, 0.15) is 66.8 Å². The molecule has 0 saturated heterocycles. The number of benzene rings is 20. The number of aromatic nitrogens is 4. The first-order valence-electron chi connectivity index (χ1n) is 48.3. The van der Waals surface area contributed by atoms with Gasteiger partial charge < -0.3 is 18.3 Å². The van der Waals surface area contributed by atoms with Crippen LogP contribution >= 0.6 is 0 Å². The molecule has 0 aliphatic rings. The highest BCUT2D eigenvalue weighted by Crippen LogP contribution is 2.54. The van der Waals surface area contributed by atoms with E-state index in [9.17, 15) is 10.5 Å². The second kappa shape index (κ2) is 34.6. The van der Waals surface area contributed by atoms with Crippen LogP contribution in [0.25, 0.3) is 232 Å². The van der Waals surface area contributed by atoms with Gasteiger partial charge >= 0.3 is 12.4 Å². The van der Waals surface area contributed by atoms with Crippen LogP contribution in [0.4, 0.5) is 26.3 Å². The zero-order valence-electron chi connectivity index (χ0n) is 80.1. The molecule has 0 bridgehead atoms. The minimum absolute atomic E-state index is 0.222. The lowest BCUT2D eigenvalue weighted by atomic mass is 9.90. The summed E-state index contributed by atoms with van der Waals surface area (Å²) in [5.41, 5.74) is 31.4. The van der Waals surface area contributed by atoms with Gasteiger partial charge in [0.1, 0.15) is 0 Å². The van der Waals surface area contributed by atoms with Gasteiger partial charge in [0, 0.05) is 54.2 Å². The maximum atomic E-state index is 17.3. The smallest absolute Gasteiger partial charge is 0.309 e. The van der Waals surface area contributed by atoms with E-state index in [0.29, 0.717) is 77.5 Å². The number of rotatable bonds is 15. The average Bonchev–Trinajstić information content (AvgIpc) is 1.52. The first-order chi connectivity index (χ1) is 69.8. The van der Waals surface area contributed by atoms with Crippen LogP contribution in [0.15, 0.2) is 400 Å². The fraction of sp³-hybridized carbons (Fsp3) is 0.0758. The summed E-state index contributed by atoms with van der Waals surface area (Å²) >= 11 is 0. The summed E-state index contributed by atoms with van der Waals surface area (Å²) in [6, 6.07) is 137. The Morgan fingerprint density at radius 3 is 0.757 bits per heavy atom. The second-order valence-electron chi connectivity index (χ2n) is 38.7. The average molecular weight is 1870 g/mol. The van der Waals surface area contributed by atoms with Crippen LogP contribution < -0.4 is 0 Å². The quantitative estimate of drug-likeness (QED) is 0.0960. The van der Waals surface area contributed by atoms with E-state index in [-0.39, 0.29) is 22.7 Å². The Hall–Kier alpha value is -17.8. The van der Waals surface area contributed by atoms with Gasteiger partial charge in [-0.15, -0.1) is 0 Å². The van der Waals surface area contributed by atoms with E-state index in [1.807, 2.05) is 173 Å². The van der Waals surface area contributed by atoms with Crippen LogP contribution in [-0.2, 0) is 12.4 Å². The molecular weight excluding hydrogens is 1780 g/mol. The van der Waals surface area contributed by atoms with Gasteiger partial charge in [0.05, 0.1) is 101 Å². The minimum Gasteiger partial charge on any atom is -0.309 e. The van der Waals surface area contributed by atoms with Crippen molar-refractivity contribution >= 4 is 87.2 Å². The Kier molecular flexibility index (Phi) is 21.3. The Morgan fingerprint density at radius 1 is 0.194 bits per heavy atom. The molecule has 20 aromatic carbocycles. The van der Waals surface area contributed by atoms with Gasteiger partial charge in [-0.25, -0.2) is 0 Å². The normalized spacial score (nSPS) is 11.9. The number of fused-ring (bicyclic) bond motifs is 12. The highest BCUT2D eigenvalue weighted by atomic mass is 19.4. The number of nitrogens with zero attached hydrogens (tertiary/aromatic N) is 6. The fourth-order valence-electron chi connectivity index (χ4n) is 22.1. The SMILES string of the molecule is Cc1cccc(-c2ccc3c(c2)c2cc(-c4cccc(C)c4)ccc2n3-c2cc(C(F)(F)F)cc(-n3c4ccc(-c5cccc(C)c5)cc4c4cc(-c5ccc(-c6cc(-c7cccc(C)c7)cc7c6c6ccc(-c8cccc(C)c8)cc6n7-c6cc(C(F)(F)F)cc(-n7c8cc(-c9cccc(C)c9)ccc8c8ccc(-c9cccc(C)c9)cc87)c6-c6cccc(C#N)c6)c(C)c5)ccc43)c2-c2cccc(C#N)c2)c1. The molecule has 690 valence electrons. The molecule has 24 rings (SSSR count). The minimum atomic E-state index is -4.93. The molecule has 0 amide bonds. The van der Waals surface area contributed by atoms with Crippen molar-refractivity contribution in [3.8, 4) is 157 Å². The van der Waals surface area contributed by atoms with Crippen molar-refractivity contribution in [2.24, 2.45) is 0 Å². The lowest BCUT2D eigenvalue weighted by Gasteiger charge is -2.23. The maximum absolute atomic E-state index is 17.3. The molecule has 6 nitrogen and oxygen atoms in total. The highest BCUT2D eigenvalue weighted by molar-refractivity contribution is 6.20. The molecule has 144 heavy (non-hydrogen) atoms. The Morgan fingerprint density at radius 2 is 0.444 bits per heavy atom. The van der Waals surface area contributed by atoms with Crippen molar-refractivity contribution in [1.29, 1.82) is 10.5 Å². The van der Waals surface area contributed by atoms with Gasteiger partial charge in [-0.2, -0.15) is 36.9 Å². The first kappa shape index (κ1) is 88.8. The van der Waals surface area contributed by atoms with E-state index < -0.39 is 23.5 Å². The first-order valence-corrected chi connectivity index (χ1v) is 48.3. The molecular formula is C132H90F6N6. The zero-order chi connectivity index (χ0) is 98.6. The van der Waals surface area contributed by atoms with Crippen molar-refractivity contribution in [3.63, 3.8) is 0 Å². The number of hydrogen-bond donors (Lipinski definition) is 0. The molecule has 0 fully saturated rings. The molecule has 0 aliphatic carbocycles. The largest absolute Gasteiger partial charge is 0.416 e. The molecule has 0 unspecified atom stereocenters. The van der Waals surface area contributed by atoms with Gasteiger partial charge in [0.25, 0.3) is 0 Å². The molecule has 0 radical (unpaired) electrons. The topological polar surface area (TPSA) is 67.3 Å². The standard InChI is InChI=1S/C132H90F6N6/c1-77-18-9-27-87(52-77)95-40-48-116-111(62-95)112-63-96(88-28-10-19-78(2)53-88)41-49-117(112)141(116)124-71-105(131(133,134)135)72-125(128(124)102-34-16-25-85(60-102)75-139)142-118-50-42-97(89-29-11-20-79(3)54-89)64-113(118)114-65-98(43-51-119(114)142)94-36-44-107(84(8)59-94)115-66-104(93-33-15-24-83(7)58-93)70-123-130(115)110-47-39-101(92-32-14-23-82(6)57-92)69-122(110)144(123)127-74-106(132(136,137)138)73-126(129(127)103-35-17-26-86(61-103)76-140)143-120-67-99(90-30-12-21-80(4)55-90)37-45-108(120)109-46-38-100(68-121(109)143)91-31-13-22-81(5)56-91/h9-74H,1-8H3. The van der Waals surface area contributed by atoms with E-state index in [1.165, 1.54) is 24.3 Å². The third-order valence-corrected chi connectivity index (χ3v) is 28.8. The van der Waals surface area contributed by atoms with Crippen LogP contribution in [-0.4, -0.2) is 18.3 Å². The van der Waals surface area contributed by atoms with Gasteiger partial charge in [-0.1, -0.05) is 312 Å². The Bertz CT molecular complexity index is 9440. The summed E-state index contributed by atoms with van der Waals surface area (Å²) in [6.07, 6.45) is -9.81. The lowest BCUT2D eigenvalue weighted by molar-refractivity contribution is -0.138. The van der Waals surface area contributed by atoms with E-state index in [1.54, 1.807) is 36.4 Å². The van der Waals surface area contributed by atoms with E-state index in [0.717, 1.165) is 188 Å². The molecule has 4 aromatic heterocycles. The van der Waals surface area contributed by atoms with Crippen molar-refractivity contribution < 1.29 is 26.3 Å². The summed E-state index contributed by atoms with van der Waals surface area (Å²) in [7, 11) is 0. The highest BCUT2D eigenvalue weighted by Gasteiger charge is 2.38. The van der Waals surface area contributed by atoms with E-state index >= 15 is 26.3 Å². The molecule has 0 atom stereocenters. The number of nitriles is 2. The molecule has 0 spiro atoms. The van der Waals surface area contributed by atoms with Gasteiger partial charge in [0.15, 0.2) is 0 Å². The van der Waals surface area contributed by atoms with Crippen molar-refractivity contribution in [3.05, 3.63) is 467 Å². The zero-order valence-corrected chi connectivity index (χ0v) is 80.1. The molecule has 12 heteroatoms. The number of aryl methyl sites for hydroxylation is 8. The summed E-state index contributed by atoms with van der Waals surface area (Å²) in [5.74, 6) is 0. The summed E-state index contributed by atoms with van der Waals surface area (Å²) in [6.45, 7) is 16.4. The van der Waals surface area contributed by atoms with Crippen molar-refractivity contribution in [2.45, 2.75) is 67.7 Å². The third kappa shape index (κ3) is 15.5. The lowest BCUT2D eigenvalue weighted by Crippen LogP contribution is -2.11. The summed E-state index contributed by atoms with van der Waals surface area (Å²) in [4.78, 5) is 0. The summed E-state index contributed by atoms with van der Waals surface area (Å²) in [5, 5.41) is 28.3. The van der Waals surface area contributed by atoms with Crippen LogP contribution in [0.3, 0.4) is 0 Å². The monoisotopic (exact) mass is 1870 g/mol. The van der Waals surface area contributed by atoms with Gasteiger partial charge in [-0.3, -0.25) is 0 Å². The molecule has 4 heterocycles.